The molecule has 5 nitrogen and oxygen atoms in total. The van der Waals surface area contributed by atoms with Gasteiger partial charge in [-0.2, -0.15) is 0 Å². The lowest BCUT2D eigenvalue weighted by Crippen LogP contribution is -2.15. The lowest BCUT2D eigenvalue weighted by Gasteiger charge is -2.14. The maximum absolute atomic E-state index is 12.2. The molecule has 0 saturated heterocycles. The Labute approximate surface area is 110 Å². The third-order valence-electron chi connectivity index (χ3n) is 2.52. The fourth-order valence-electron chi connectivity index (χ4n) is 1.85. The fraction of sp³-hybridized carbons (Fsp3) is 0.417. The SMILES string of the molecule is CC(=O)Nc1nc2c(s1)C(=O)C(=CN(C)C)CC2. The highest BCUT2D eigenvalue weighted by Crippen LogP contribution is 2.32. The van der Waals surface area contributed by atoms with Gasteiger partial charge in [0.15, 0.2) is 5.13 Å². The average molecular weight is 265 g/mol. The van der Waals surface area contributed by atoms with E-state index in [2.05, 4.69) is 10.3 Å². The smallest absolute Gasteiger partial charge is 0.223 e. The zero-order valence-corrected chi connectivity index (χ0v) is 11.4. The van der Waals surface area contributed by atoms with Crippen molar-refractivity contribution < 1.29 is 9.59 Å². The van der Waals surface area contributed by atoms with Crippen molar-refractivity contribution in [3.8, 4) is 0 Å². The maximum Gasteiger partial charge on any atom is 0.223 e. The number of allylic oxidation sites excluding steroid dienone is 1. The van der Waals surface area contributed by atoms with Gasteiger partial charge in [-0.25, -0.2) is 4.98 Å². The van der Waals surface area contributed by atoms with Gasteiger partial charge in [0.1, 0.15) is 0 Å². The highest BCUT2D eigenvalue weighted by Gasteiger charge is 2.26. The number of aromatic nitrogens is 1. The molecule has 1 aromatic heterocycles. The van der Waals surface area contributed by atoms with Gasteiger partial charge in [0.05, 0.1) is 10.6 Å². The second kappa shape index (κ2) is 4.89. The minimum Gasteiger partial charge on any atom is -0.383 e. The summed E-state index contributed by atoms with van der Waals surface area (Å²) < 4.78 is 0. The molecular weight excluding hydrogens is 250 g/mol. The van der Waals surface area contributed by atoms with Crippen molar-refractivity contribution in [3.05, 3.63) is 22.3 Å². The number of nitrogens with one attached hydrogen (secondary N) is 1. The molecule has 0 spiro atoms. The molecule has 2 rings (SSSR count). The summed E-state index contributed by atoms with van der Waals surface area (Å²) in [6, 6.07) is 0. The molecule has 96 valence electrons. The summed E-state index contributed by atoms with van der Waals surface area (Å²) in [7, 11) is 3.79. The molecule has 1 aliphatic rings. The van der Waals surface area contributed by atoms with Gasteiger partial charge in [-0.15, -0.1) is 0 Å². The van der Waals surface area contributed by atoms with Crippen LogP contribution in [0.25, 0.3) is 0 Å². The van der Waals surface area contributed by atoms with Crippen LogP contribution >= 0.6 is 11.3 Å². The predicted octanol–water partition coefficient (Wildman–Crippen LogP) is 1.68. The zero-order chi connectivity index (χ0) is 13.3. The Bertz CT molecular complexity index is 531. The number of amides is 1. The van der Waals surface area contributed by atoms with Crippen molar-refractivity contribution in [1.29, 1.82) is 0 Å². The molecule has 0 aliphatic heterocycles. The molecule has 18 heavy (non-hydrogen) atoms. The first-order valence-electron chi connectivity index (χ1n) is 5.66. The topological polar surface area (TPSA) is 62.3 Å². The van der Waals surface area contributed by atoms with Gasteiger partial charge in [-0.3, -0.25) is 9.59 Å². The molecule has 1 aliphatic carbocycles. The monoisotopic (exact) mass is 265 g/mol. The van der Waals surface area contributed by atoms with Gasteiger partial charge < -0.3 is 10.2 Å². The van der Waals surface area contributed by atoms with Crippen LogP contribution in [0.5, 0.6) is 0 Å². The summed E-state index contributed by atoms with van der Waals surface area (Å²) in [6.07, 6.45) is 3.30. The molecule has 1 N–H and O–H groups in total. The molecule has 1 heterocycles. The summed E-state index contributed by atoms with van der Waals surface area (Å²) >= 11 is 1.25. The number of thiazole rings is 1. The summed E-state index contributed by atoms with van der Waals surface area (Å²) in [5.74, 6) is -0.142. The van der Waals surface area contributed by atoms with Gasteiger partial charge in [0, 0.05) is 32.8 Å². The van der Waals surface area contributed by atoms with Gasteiger partial charge in [0.25, 0.3) is 0 Å². The maximum atomic E-state index is 12.2. The third-order valence-corrected chi connectivity index (χ3v) is 3.54. The minimum atomic E-state index is -0.169. The van der Waals surface area contributed by atoms with E-state index in [-0.39, 0.29) is 11.7 Å². The van der Waals surface area contributed by atoms with Crippen LogP contribution in [0.4, 0.5) is 5.13 Å². The van der Waals surface area contributed by atoms with Gasteiger partial charge in [0.2, 0.25) is 11.7 Å². The van der Waals surface area contributed by atoms with Crippen LogP contribution in [-0.4, -0.2) is 35.7 Å². The van der Waals surface area contributed by atoms with Crippen molar-refractivity contribution in [2.24, 2.45) is 0 Å². The van der Waals surface area contributed by atoms with Gasteiger partial charge >= 0.3 is 0 Å². The number of anilines is 1. The van der Waals surface area contributed by atoms with Crippen molar-refractivity contribution >= 4 is 28.2 Å². The van der Waals surface area contributed by atoms with Gasteiger partial charge in [-0.1, -0.05) is 11.3 Å². The Morgan fingerprint density at radius 2 is 2.17 bits per heavy atom. The second-order valence-corrected chi connectivity index (χ2v) is 5.42. The quantitative estimate of drug-likeness (QED) is 0.826. The van der Waals surface area contributed by atoms with Crippen molar-refractivity contribution in [2.75, 3.05) is 19.4 Å². The summed E-state index contributed by atoms with van der Waals surface area (Å²) in [5.41, 5.74) is 1.59. The Morgan fingerprint density at radius 1 is 1.44 bits per heavy atom. The Balaban J connectivity index is 2.29. The molecule has 0 atom stereocenters. The van der Waals surface area contributed by atoms with Crippen LogP contribution in [0.15, 0.2) is 11.8 Å². The minimum absolute atomic E-state index is 0.0269. The van der Waals surface area contributed by atoms with Crippen molar-refractivity contribution in [2.45, 2.75) is 19.8 Å². The molecule has 0 radical (unpaired) electrons. The lowest BCUT2D eigenvalue weighted by molar-refractivity contribution is -0.114. The number of rotatable bonds is 2. The predicted molar refractivity (Wildman–Crippen MR) is 70.8 cm³/mol. The molecular formula is C12H15N3O2S. The summed E-state index contributed by atoms with van der Waals surface area (Å²) in [4.78, 5) is 30.0. The van der Waals surface area contributed by atoms with Gasteiger partial charge in [-0.05, 0) is 12.8 Å². The molecule has 0 unspecified atom stereocenters. The normalized spacial score (nSPS) is 16.6. The van der Waals surface area contributed by atoms with Crippen LogP contribution in [0.1, 0.15) is 28.7 Å². The first-order valence-corrected chi connectivity index (χ1v) is 6.48. The number of ketones is 1. The first kappa shape index (κ1) is 12.8. The first-order chi connectivity index (χ1) is 8.47. The van der Waals surface area contributed by atoms with Crippen LogP contribution in [-0.2, 0) is 11.2 Å². The number of hydrogen-bond donors (Lipinski definition) is 1. The van der Waals surface area contributed by atoms with E-state index in [1.807, 2.05) is 25.2 Å². The summed E-state index contributed by atoms with van der Waals surface area (Å²) in [5, 5.41) is 3.13. The van der Waals surface area contributed by atoms with Crippen LogP contribution in [0, 0.1) is 0 Å². The zero-order valence-electron chi connectivity index (χ0n) is 10.6. The third kappa shape index (κ3) is 2.59. The molecule has 6 heteroatoms. The Kier molecular flexibility index (Phi) is 3.47. The number of carbonyl (C=O) groups excluding carboxylic acids is 2. The largest absolute Gasteiger partial charge is 0.383 e. The summed E-state index contributed by atoms with van der Waals surface area (Å²) in [6.45, 7) is 1.43. The van der Waals surface area contributed by atoms with E-state index < -0.39 is 0 Å². The van der Waals surface area contributed by atoms with E-state index in [0.29, 0.717) is 16.4 Å². The standard InChI is InChI=1S/C12H15N3O2S/c1-7(16)13-12-14-9-5-4-8(6-15(2)3)10(17)11(9)18-12/h6H,4-5H2,1-3H3,(H,13,14,16). The highest BCUT2D eigenvalue weighted by atomic mass is 32.1. The Hall–Kier alpha value is -1.69. The van der Waals surface area contributed by atoms with Crippen LogP contribution < -0.4 is 5.32 Å². The molecule has 0 saturated carbocycles. The average Bonchev–Trinajstić information content (AvgIpc) is 2.64. The number of aryl methyl sites for hydroxylation is 1. The molecule has 1 aromatic rings. The molecule has 0 aromatic carbocycles. The number of hydrogen-bond acceptors (Lipinski definition) is 5. The van der Waals surface area contributed by atoms with E-state index in [4.69, 9.17) is 0 Å². The number of nitrogens with zero attached hydrogens (tertiary/aromatic N) is 2. The van der Waals surface area contributed by atoms with E-state index in [0.717, 1.165) is 17.7 Å². The van der Waals surface area contributed by atoms with Crippen molar-refractivity contribution in [3.63, 3.8) is 0 Å². The van der Waals surface area contributed by atoms with Crippen LogP contribution in [0.2, 0.25) is 0 Å². The lowest BCUT2D eigenvalue weighted by atomic mass is 9.96. The van der Waals surface area contributed by atoms with Crippen molar-refractivity contribution in [1.82, 2.24) is 9.88 Å². The Morgan fingerprint density at radius 3 is 2.78 bits per heavy atom. The fourth-order valence-corrected chi connectivity index (χ4v) is 2.88. The van der Waals surface area contributed by atoms with E-state index >= 15 is 0 Å². The number of fused-ring (bicyclic) bond motifs is 1. The highest BCUT2D eigenvalue weighted by molar-refractivity contribution is 7.18. The number of Topliss-reactive ketones (excluding diaryl/α,β-unsaturated/α-hetero) is 1. The molecule has 0 fully saturated rings. The van der Waals surface area contributed by atoms with E-state index in [9.17, 15) is 9.59 Å². The van der Waals surface area contributed by atoms with E-state index in [1.165, 1.54) is 18.3 Å². The van der Waals surface area contributed by atoms with Crippen LogP contribution in [0.3, 0.4) is 0 Å². The molecule has 1 amide bonds. The van der Waals surface area contributed by atoms with E-state index in [1.54, 1.807) is 0 Å². The number of carbonyl (C=O) groups is 2. The second-order valence-electron chi connectivity index (χ2n) is 4.42. The molecule has 0 bridgehead atoms.